The fraction of sp³-hybridized carbons (Fsp3) is 0.476. The van der Waals surface area contributed by atoms with Gasteiger partial charge in [-0.25, -0.2) is 4.98 Å². The predicted molar refractivity (Wildman–Crippen MR) is 107 cm³/mol. The summed E-state index contributed by atoms with van der Waals surface area (Å²) in [6.45, 7) is 5.68. The van der Waals surface area contributed by atoms with Gasteiger partial charge in [-0.2, -0.15) is 0 Å². The molecule has 0 radical (unpaired) electrons. The summed E-state index contributed by atoms with van der Waals surface area (Å²) >= 11 is 0. The fourth-order valence-corrected chi connectivity index (χ4v) is 3.11. The van der Waals surface area contributed by atoms with Crippen LogP contribution in [-0.2, 0) is 11.3 Å². The largest absolute Gasteiger partial charge is 0.486 e. The summed E-state index contributed by atoms with van der Waals surface area (Å²) in [5.41, 5.74) is 2.38. The van der Waals surface area contributed by atoms with Crippen LogP contribution in [0, 0.1) is 0 Å². The molecule has 0 spiro atoms. The molecule has 27 heavy (non-hydrogen) atoms. The van der Waals surface area contributed by atoms with Crippen LogP contribution in [0.25, 0.3) is 0 Å². The van der Waals surface area contributed by atoms with Gasteiger partial charge in [-0.05, 0) is 35.7 Å². The van der Waals surface area contributed by atoms with Crippen molar-refractivity contribution in [2.45, 2.75) is 25.9 Å². The molecule has 1 aliphatic rings. The Bertz CT molecular complexity index is 721. The van der Waals surface area contributed by atoms with Crippen LogP contribution >= 0.6 is 0 Å². The molecule has 0 bridgehead atoms. The molecule has 0 saturated heterocycles. The van der Waals surface area contributed by atoms with Gasteiger partial charge in [0.1, 0.15) is 19.0 Å². The molecule has 0 fully saturated rings. The van der Waals surface area contributed by atoms with E-state index in [-0.39, 0.29) is 6.04 Å². The molecular formula is C21H29N3O3. The van der Waals surface area contributed by atoms with Crippen LogP contribution in [-0.4, -0.2) is 45.5 Å². The first-order valence-electron chi connectivity index (χ1n) is 9.49. The highest BCUT2D eigenvalue weighted by atomic mass is 16.6. The average Bonchev–Trinajstić information content (AvgIpc) is 2.72. The highest BCUT2D eigenvalue weighted by Crippen LogP contribution is 2.33. The number of anilines is 1. The number of aromatic nitrogens is 1. The zero-order valence-electron chi connectivity index (χ0n) is 16.4. The molecule has 1 N–H and O–H groups in total. The van der Waals surface area contributed by atoms with Gasteiger partial charge >= 0.3 is 0 Å². The number of hydrogen-bond acceptors (Lipinski definition) is 6. The van der Waals surface area contributed by atoms with Crippen LogP contribution in [0.2, 0.25) is 0 Å². The quantitative estimate of drug-likeness (QED) is 0.731. The molecule has 0 amide bonds. The summed E-state index contributed by atoms with van der Waals surface area (Å²) in [5.74, 6) is 2.62. The van der Waals surface area contributed by atoms with Crippen molar-refractivity contribution in [3.8, 4) is 11.5 Å². The van der Waals surface area contributed by atoms with Crippen molar-refractivity contribution in [3.05, 3.63) is 47.7 Å². The minimum Gasteiger partial charge on any atom is -0.486 e. The second kappa shape index (κ2) is 9.58. The minimum absolute atomic E-state index is 0.255. The van der Waals surface area contributed by atoms with Gasteiger partial charge in [0, 0.05) is 39.5 Å². The predicted octanol–water partition coefficient (Wildman–Crippen LogP) is 3.18. The molecule has 1 aromatic carbocycles. The van der Waals surface area contributed by atoms with Crippen molar-refractivity contribution in [3.63, 3.8) is 0 Å². The summed E-state index contributed by atoms with van der Waals surface area (Å²) < 4.78 is 16.4. The Morgan fingerprint density at radius 1 is 1.19 bits per heavy atom. The number of ether oxygens (including phenoxy) is 3. The van der Waals surface area contributed by atoms with E-state index in [0.29, 0.717) is 19.8 Å². The number of likely N-dealkylation sites (N-methyl/N-ethyl adjacent to an activating group) is 1. The first-order chi connectivity index (χ1) is 13.2. The summed E-state index contributed by atoms with van der Waals surface area (Å²) in [4.78, 5) is 6.65. The maximum absolute atomic E-state index is 5.71. The van der Waals surface area contributed by atoms with Crippen molar-refractivity contribution in [2.75, 3.05) is 45.4 Å². The number of benzene rings is 1. The molecule has 0 saturated carbocycles. The highest BCUT2D eigenvalue weighted by molar-refractivity contribution is 5.44. The van der Waals surface area contributed by atoms with Crippen molar-refractivity contribution < 1.29 is 14.2 Å². The van der Waals surface area contributed by atoms with Crippen LogP contribution < -0.4 is 19.7 Å². The van der Waals surface area contributed by atoms with Gasteiger partial charge in [-0.3, -0.25) is 0 Å². The smallest absolute Gasteiger partial charge is 0.161 e. The van der Waals surface area contributed by atoms with E-state index in [2.05, 4.69) is 46.4 Å². The molecular weight excluding hydrogens is 342 g/mol. The minimum atomic E-state index is 0.255. The summed E-state index contributed by atoms with van der Waals surface area (Å²) in [6, 6.07) is 10.6. The maximum atomic E-state index is 5.71. The van der Waals surface area contributed by atoms with Crippen molar-refractivity contribution in [1.29, 1.82) is 0 Å². The number of rotatable bonds is 9. The summed E-state index contributed by atoms with van der Waals surface area (Å²) in [6.07, 6.45) is 2.92. The van der Waals surface area contributed by atoms with Crippen molar-refractivity contribution in [2.24, 2.45) is 0 Å². The van der Waals surface area contributed by atoms with E-state index in [1.807, 2.05) is 19.3 Å². The van der Waals surface area contributed by atoms with Gasteiger partial charge in [-0.15, -0.1) is 0 Å². The standard InChI is InChI=1S/C21H29N3O3/c1-4-18(17-6-7-19-20(13-17)27-12-11-26-19)22-14-16-5-8-21(23-15-16)24(2)9-10-25-3/h5-8,13,15,18,22H,4,9-12,14H2,1-3H3/t18-/m0/s1. The lowest BCUT2D eigenvalue weighted by atomic mass is 10.0. The number of nitrogens with one attached hydrogen (secondary N) is 1. The molecule has 0 aliphatic carbocycles. The van der Waals surface area contributed by atoms with Gasteiger partial charge < -0.3 is 24.4 Å². The third-order valence-electron chi connectivity index (χ3n) is 4.76. The average molecular weight is 371 g/mol. The molecule has 1 aromatic heterocycles. The zero-order valence-corrected chi connectivity index (χ0v) is 16.4. The Morgan fingerprint density at radius 3 is 2.70 bits per heavy atom. The van der Waals surface area contributed by atoms with E-state index in [9.17, 15) is 0 Å². The van der Waals surface area contributed by atoms with Crippen molar-refractivity contribution >= 4 is 5.82 Å². The normalized spacial score (nSPS) is 14.0. The Labute approximate surface area is 161 Å². The molecule has 0 unspecified atom stereocenters. The van der Waals surface area contributed by atoms with Crippen LogP contribution in [0.1, 0.15) is 30.5 Å². The lowest BCUT2D eigenvalue weighted by Gasteiger charge is -2.22. The number of fused-ring (bicyclic) bond motifs is 1. The number of nitrogens with zero attached hydrogens (tertiary/aromatic N) is 2. The number of pyridine rings is 1. The first kappa shape index (κ1) is 19.5. The highest BCUT2D eigenvalue weighted by Gasteiger charge is 2.16. The number of hydrogen-bond donors (Lipinski definition) is 1. The molecule has 3 rings (SSSR count). The third kappa shape index (κ3) is 5.11. The summed E-state index contributed by atoms with van der Waals surface area (Å²) in [5, 5.41) is 3.62. The number of methoxy groups -OCH3 is 1. The van der Waals surface area contributed by atoms with E-state index >= 15 is 0 Å². The zero-order chi connectivity index (χ0) is 19.1. The molecule has 2 heterocycles. The molecule has 1 atom stereocenters. The van der Waals surface area contributed by atoms with Crippen LogP contribution in [0.4, 0.5) is 5.82 Å². The van der Waals surface area contributed by atoms with Crippen LogP contribution in [0.5, 0.6) is 11.5 Å². The van der Waals surface area contributed by atoms with Gasteiger partial charge in [0.15, 0.2) is 11.5 Å². The topological polar surface area (TPSA) is 55.9 Å². The van der Waals surface area contributed by atoms with Crippen LogP contribution in [0.15, 0.2) is 36.5 Å². The molecule has 146 valence electrons. The van der Waals surface area contributed by atoms with E-state index < -0.39 is 0 Å². The Kier molecular flexibility index (Phi) is 6.90. The Hall–Kier alpha value is -2.31. The van der Waals surface area contributed by atoms with Crippen LogP contribution in [0.3, 0.4) is 0 Å². The van der Waals surface area contributed by atoms with E-state index in [0.717, 1.165) is 42.4 Å². The monoisotopic (exact) mass is 371 g/mol. The van der Waals surface area contributed by atoms with Gasteiger partial charge in [-0.1, -0.05) is 19.1 Å². The van der Waals surface area contributed by atoms with Gasteiger partial charge in [0.05, 0.1) is 6.61 Å². The Balaban J connectivity index is 1.59. The van der Waals surface area contributed by atoms with Gasteiger partial charge in [0.2, 0.25) is 0 Å². The molecule has 6 nitrogen and oxygen atoms in total. The third-order valence-corrected chi connectivity index (χ3v) is 4.76. The maximum Gasteiger partial charge on any atom is 0.161 e. The molecule has 6 heteroatoms. The lowest BCUT2D eigenvalue weighted by Crippen LogP contribution is -2.23. The van der Waals surface area contributed by atoms with E-state index in [4.69, 9.17) is 14.2 Å². The van der Waals surface area contributed by atoms with E-state index in [1.54, 1.807) is 7.11 Å². The second-order valence-corrected chi connectivity index (χ2v) is 6.68. The van der Waals surface area contributed by atoms with Crippen molar-refractivity contribution in [1.82, 2.24) is 10.3 Å². The van der Waals surface area contributed by atoms with E-state index in [1.165, 1.54) is 5.56 Å². The molecule has 2 aromatic rings. The Morgan fingerprint density at radius 2 is 2.00 bits per heavy atom. The SMILES string of the molecule is CC[C@H](NCc1ccc(N(C)CCOC)nc1)c1ccc2c(c1)OCCO2. The fourth-order valence-electron chi connectivity index (χ4n) is 3.11. The first-order valence-corrected chi connectivity index (χ1v) is 9.49. The lowest BCUT2D eigenvalue weighted by molar-refractivity contribution is 0.171. The second-order valence-electron chi connectivity index (χ2n) is 6.68. The van der Waals surface area contributed by atoms with Gasteiger partial charge in [0.25, 0.3) is 0 Å². The summed E-state index contributed by atoms with van der Waals surface area (Å²) in [7, 11) is 3.73. The molecule has 1 aliphatic heterocycles.